The maximum Gasteiger partial charge on any atom is 0.134 e. The molecular weight excluding hydrogens is 430 g/mol. The van der Waals surface area contributed by atoms with Crippen molar-refractivity contribution in [1.29, 1.82) is 0 Å². The highest BCUT2D eigenvalue weighted by Crippen LogP contribution is 2.22. The van der Waals surface area contributed by atoms with Crippen LogP contribution < -0.4 is 21.2 Å². The predicted octanol–water partition coefficient (Wildman–Crippen LogP) is 1.14. The van der Waals surface area contributed by atoms with Crippen LogP contribution in [0.3, 0.4) is 0 Å². The van der Waals surface area contributed by atoms with E-state index in [9.17, 15) is 10.2 Å². The lowest BCUT2D eigenvalue weighted by atomic mass is 10.00. The Bertz CT molecular complexity index is 887. The van der Waals surface area contributed by atoms with Gasteiger partial charge in [0.25, 0.3) is 0 Å². The van der Waals surface area contributed by atoms with E-state index in [2.05, 4.69) is 40.3 Å². The molecule has 190 valence electrons. The molecule has 0 amide bonds. The number of nitrogens with one attached hydrogen (secondary N) is 2. The van der Waals surface area contributed by atoms with Crippen molar-refractivity contribution in [3.05, 3.63) is 40.9 Å². The third-order valence-electron chi connectivity index (χ3n) is 6.20. The minimum Gasteiger partial charge on any atom is -0.395 e. The summed E-state index contributed by atoms with van der Waals surface area (Å²) in [4.78, 5) is 11.0. The number of fused-ring (bicyclic) bond motifs is 1. The Morgan fingerprint density at radius 1 is 1.38 bits per heavy atom. The van der Waals surface area contributed by atoms with E-state index in [1.807, 2.05) is 56.1 Å². The molecule has 2 rings (SSSR count). The highest BCUT2D eigenvalue weighted by molar-refractivity contribution is 5.46. The van der Waals surface area contributed by atoms with Crippen LogP contribution in [0, 0.1) is 5.92 Å². The van der Waals surface area contributed by atoms with Crippen LogP contribution in [0.5, 0.6) is 0 Å². The minimum atomic E-state index is -0.911. The second-order valence-corrected chi connectivity index (χ2v) is 8.69. The van der Waals surface area contributed by atoms with E-state index in [4.69, 9.17) is 4.74 Å². The van der Waals surface area contributed by atoms with Gasteiger partial charge in [0.15, 0.2) is 0 Å². The fourth-order valence-electron chi connectivity index (χ4n) is 4.13. The zero-order chi connectivity index (χ0) is 24.9. The average molecular weight is 474 g/mol. The van der Waals surface area contributed by atoms with Crippen LogP contribution in [0.15, 0.2) is 40.3 Å². The third kappa shape index (κ3) is 8.29. The molecule has 1 heterocycles. The average Bonchev–Trinajstić information content (AvgIpc) is 2.83. The fraction of sp³-hybridized carbons (Fsp3) is 0.615. The van der Waals surface area contributed by atoms with Crippen LogP contribution in [0.4, 0.5) is 5.69 Å². The van der Waals surface area contributed by atoms with Crippen LogP contribution in [0.1, 0.15) is 33.6 Å². The number of hydrogen-bond donors (Lipinski definition) is 4. The lowest BCUT2D eigenvalue weighted by molar-refractivity contribution is 0.0493. The highest BCUT2D eigenvalue weighted by Gasteiger charge is 2.31. The summed E-state index contributed by atoms with van der Waals surface area (Å²) in [5, 5.41) is 29.7. The van der Waals surface area contributed by atoms with E-state index in [-0.39, 0.29) is 18.6 Å². The number of aliphatic hydroxyl groups excluding tert-OH is 2. The van der Waals surface area contributed by atoms with E-state index < -0.39 is 12.4 Å². The van der Waals surface area contributed by atoms with E-state index in [1.54, 1.807) is 0 Å². The first-order chi connectivity index (χ1) is 16.4. The number of nitrogens with zero attached hydrogens (tertiary/aromatic N) is 3. The first kappa shape index (κ1) is 28.1. The summed E-state index contributed by atoms with van der Waals surface area (Å²) in [6.45, 7) is 12.7. The van der Waals surface area contributed by atoms with E-state index in [0.717, 1.165) is 35.6 Å². The number of aliphatic hydroxyl groups is 2. The van der Waals surface area contributed by atoms with Crippen LogP contribution in [-0.4, -0.2) is 86.3 Å². The Kier molecular flexibility index (Phi) is 12.4. The number of rotatable bonds is 16. The molecule has 0 saturated heterocycles. The molecule has 0 aromatic heterocycles. The molecule has 4 N–H and O–H groups in total. The summed E-state index contributed by atoms with van der Waals surface area (Å²) >= 11 is 0. The van der Waals surface area contributed by atoms with Crippen LogP contribution in [-0.2, 0) is 4.74 Å². The van der Waals surface area contributed by atoms with Gasteiger partial charge in [-0.15, -0.1) is 0 Å². The molecule has 0 spiro atoms. The van der Waals surface area contributed by atoms with Crippen molar-refractivity contribution in [1.82, 2.24) is 10.2 Å². The molecule has 8 nitrogen and oxygen atoms in total. The predicted molar refractivity (Wildman–Crippen MR) is 140 cm³/mol. The summed E-state index contributed by atoms with van der Waals surface area (Å²) in [6, 6.07) is 6.16. The number of anilines is 1. The molecule has 8 heteroatoms. The number of hydrogen-bond acceptors (Lipinski definition) is 8. The molecule has 1 aromatic rings. The van der Waals surface area contributed by atoms with Gasteiger partial charge in [0.2, 0.25) is 0 Å². The first-order valence-corrected chi connectivity index (χ1v) is 12.3. The number of benzene rings is 1. The van der Waals surface area contributed by atoms with E-state index in [1.165, 1.54) is 0 Å². The van der Waals surface area contributed by atoms with Crippen molar-refractivity contribution in [2.75, 3.05) is 45.3 Å². The van der Waals surface area contributed by atoms with Crippen molar-refractivity contribution in [3.8, 4) is 0 Å². The van der Waals surface area contributed by atoms with E-state index in [0.29, 0.717) is 25.8 Å². The Labute approximate surface area is 204 Å². The number of likely N-dealkylation sites (N-methyl/N-ethyl adjacent to an activating group) is 1. The highest BCUT2D eigenvalue weighted by atomic mass is 16.5. The van der Waals surface area contributed by atoms with E-state index >= 15 is 0 Å². The zero-order valence-electron chi connectivity index (χ0n) is 21.2. The molecule has 0 aliphatic carbocycles. The maximum absolute atomic E-state index is 11.2. The Morgan fingerprint density at radius 3 is 2.85 bits per heavy atom. The van der Waals surface area contributed by atoms with Gasteiger partial charge in [-0.2, -0.15) is 0 Å². The monoisotopic (exact) mass is 473 g/mol. The Balaban J connectivity index is 2.19. The van der Waals surface area contributed by atoms with Gasteiger partial charge >= 0.3 is 0 Å². The van der Waals surface area contributed by atoms with Gasteiger partial charge in [-0.25, -0.2) is 0 Å². The Morgan fingerprint density at radius 2 is 2.18 bits per heavy atom. The smallest absolute Gasteiger partial charge is 0.134 e. The summed E-state index contributed by atoms with van der Waals surface area (Å²) in [7, 11) is 1.91. The molecule has 34 heavy (non-hydrogen) atoms. The summed E-state index contributed by atoms with van der Waals surface area (Å²) in [5.41, 5.74) is 0.820. The topological polar surface area (TPSA) is 102 Å². The second kappa shape index (κ2) is 15.0. The first-order valence-electron chi connectivity index (χ1n) is 12.3. The van der Waals surface area contributed by atoms with Gasteiger partial charge < -0.3 is 25.6 Å². The maximum atomic E-state index is 11.2. The SMILES string of the molecule is C=NC(C(/C=C/CNCCOCC)C(O)Nc1ccc2c(c1)=CC[C@@H](C)N=2)N(C)C(CC)CO. The Hall–Kier alpha value is -2.10. The van der Waals surface area contributed by atoms with Crippen molar-refractivity contribution in [3.63, 3.8) is 0 Å². The van der Waals surface area contributed by atoms with Crippen molar-refractivity contribution >= 4 is 18.5 Å². The quantitative estimate of drug-likeness (QED) is 0.124. The van der Waals surface area contributed by atoms with Gasteiger partial charge in [-0.3, -0.25) is 14.9 Å². The van der Waals surface area contributed by atoms with Crippen molar-refractivity contribution in [2.45, 2.75) is 58.1 Å². The zero-order valence-corrected chi connectivity index (χ0v) is 21.2. The van der Waals surface area contributed by atoms with Crippen molar-refractivity contribution < 1.29 is 14.9 Å². The van der Waals surface area contributed by atoms with Gasteiger partial charge in [-0.05, 0) is 63.9 Å². The molecule has 0 radical (unpaired) electrons. The molecule has 0 fully saturated rings. The van der Waals surface area contributed by atoms with Gasteiger partial charge in [0, 0.05) is 31.4 Å². The molecule has 4 unspecified atom stereocenters. The molecule has 0 saturated carbocycles. The fourth-order valence-corrected chi connectivity index (χ4v) is 4.13. The second-order valence-electron chi connectivity index (χ2n) is 8.69. The summed E-state index contributed by atoms with van der Waals surface area (Å²) < 4.78 is 5.35. The molecule has 0 bridgehead atoms. The van der Waals surface area contributed by atoms with Gasteiger partial charge in [-0.1, -0.05) is 25.2 Å². The number of ether oxygens (including phenoxy) is 1. The lowest BCUT2D eigenvalue weighted by Gasteiger charge is -2.37. The standard InChI is InChI=1S/C26H43N5O3/c1-6-22(18-32)31(5)25(27-4)23(9-8-14-28-15-16-34-7-2)26(33)30-21-12-13-24-20(17-21)11-10-19(3)29-24/h8-9,11-13,17,19,22-23,25-26,28,30,32-33H,4,6-7,10,14-16,18H2,1-3,5H3/b9-8+/t19-,22?,23?,25?,26?/m1/s1. The third-order valence-corrected chi connectivity index (χ3v) is 6.20. The summed E-state index contributed by atoms with van der Waals surface area (Å²) in [6.07, 6.45) is 6.49. The summed E-state index contributed by atoms with van der Waals surface area (Å²) in [5.74, 6) is -0.387. The number of aliphatic imine (C=N–C) groups is 1. The molecule has 1 aliphatic rings. The largest absolute Gasteiger partial charge is 0.395 e. The van der Waals surface area contributed by atoms with Gasteiger partial charge in [0.05, 0.1) is 30.5 Å². The van der Waals surface area contributed by atoms with Crippen LogP contribution in [0.2, 0.25) is 0 Å². The van der Waals surface area contributed by atoms with Gasteiger partial charge in [0.1, 0.15) is 12.4 Å². The molecule has 1 aromatic carbocycles. The van der Waals surface area contributed by atoms with Crippen LogP contribution >= 0.6 is 0 Å². The molecule has 5 atom stereocenters. The lowest BCUT2D eigenvalue weighted by Crippen LogP contribution is -2.49. The van der Waals surface area contributed by atoms with Crippen molar-refractivity contribution in [2.24, 2.45) is 15.9 Å². The normalized spacial score (nSPS) is 19.1. The molecular formula is C26H43N5O3. The van der Waals surface area contributed by atoms with Crippen LogP contribution in [0.25, 0.3) is 6.08 Å². The minimum absolute atomic E-state index is 0.0144. The molecule has 1 aliphatic heterocycles.